The Labute approximate surface area is 104 Å². The molecule has 0 rings (SSSR count). The van der Waals surface area contributed by atoms with Crippen molar-refractivity contribution in [1.82, 2.24) is 4.90 Å². The Morgan fingerprint density at radius 2 is 1.94 bits per heavy atom. The van der Waals surface area contributed by atoms with Gasteiger partial charge in [0, 0.05) is 33.4 Å². The molecule has 0 amide bonds. The van der Waals surface area contributed by atoms with Gasteiger partial charge in [-0.1, -0.05) is 6.92 Å². The van der Waals surface area contributed by atoms with Gasteiger partial charge in [-0.25, -0.2) is 0 Å². The molecule has 0 aliphatic heterocycles. The summed E-state index contributed by atoms with van der Waals surface area (Å²) in [5.74, 6) is -0.267. The molecule has 0 saturated carbocycles. The first-order chi connectivity index (χ1) is 8.11. The van der Waals surface area contributed by atoms with Gasteiger partial charge >= 0.3 is 5.97 Å². The maximum Gasteiger partial charge on any atom is 0.309 e. The van der Waals surface area contributed by atoms with E-state index in [4.69, 9.17) is 9.47 Å². The van der Waals surface area contributed by atoms with Gasteiger partial charge in [-0.05, 0) is 13.5 Å². The van der Waals surface area contributed by atoms with Crippen molar-refractivity contribution in [3.8, 4) is 0 Å². The Hall–Kier alpha value is -0.650. The fraction of sp³-hybridized carbons (Fsp3) is 0.917. The third-order valence-corrected chi connectivity index (χ3v) is 2.44. The van der Waals surface area contributed by atoms with Crippen LogP contribution in [0.3, 0.4) is 0 Å². The normalized spacial score (nSPS) is 12.8. The molecule has 0 bridgehead atoms. The smallest absolute Gasteiger partial charge is 0.309 e. The van der Waals surface area contributed by atoms with Crippen LogP contribution in [0, 0.1) is 5.92 Å². The SMILES string of the molecule is COCCCOCCN(C)CC(C)C(=O)OC. The molecule has 17 heavy (non-hydrogen) atoms. The largest absolute Gasteiger partial charge is 0.469 e. The Morgan fingerprint density at radius 1 is 1.24 bits per heavy atom. The molecule has 5 heteroatoms. The minimum atomic E-state index is -0.169. The van der Waals surface area contributed by atoms with Crippen molar-refractivity contribution in [2.75, 3.05) is 54.2 Å². The van der Waals surface area contributed by atoms with E-state index in [0.29, 0.717) is 19.8 Å². The fourth-order valence-corrected chi connectivity index (χ4v) is 1.46. The molecule has 0 aliphatic carbocycles. The van der Waals surface area contributed by atoms with Crippen LogP contribution < -0.4 is 0 Å². The molecule has 0 aromatic rings. The van der Waals surface area contributed by atoms with Gasteiger partial charge in [-0.2, -0.15) is 0 Å². The van der Waals surface area contributed by atoms with Crippen LogP contribution in [-0.2, 0) is 19.0 Å². The molecule has 0 radical (unpaired) electrons. The van der Waals surface area contributed by atoms with Crippen LogP contribution in [0.1, 0.15) is 13.3 Å². The first-order valence-corrected chi connectivity index (χ1v) is 5.94. The zero-order valence-corrected chi connectivity index (χ0v) is 11.4. The number of rotatable bonds is 10. The summed E-state index contributed by atoms with van der Waals surface area (Å²) >= 11 is 0. The van der Waals surface area contributed by atoms with E-state index in [2.05, 4.69) is 9.64 Å². The Bertz CT molecular complexity index is 199. The summed E-state index contributed by atoms with van der Waals surface area (Å²) in [5.41, 5.74) is 0. The van der Waals surface area contributed by atoms with Crippen molar-refractivity contribution in [1.29, 1.82) is 0 Å². The minimum Gasteiger partial charge on any atom is -0.469 e. The van der Waals surface area contributed by atoms with E-state index < -0.39 is 0 Å². The lowest BCUT2D eigenvalue weighted by Gasteiger charge is -2.19. The van der Waals surface area contributed by atoms with E-state index in [1.54, 1.807) is 7.11 Å². The third kappa shape index (κ3) is 9.09. The van der Waals surface area contributed by atoms with Gasteiger partial charge in [-0.15, -0.1) is 0 Å². The molecule has 0 aromatic carbocycles. The number of hydrogen-bond donors (Lipinski definition) is 0. The predicted octanol–water partition coefficient (Wildman–Crippen LogP) is 0.780. The lowest BCUT2D eigenvalue weighted by Crippen LogP contribution is -2.31. The molecular weight excluding hydrogens is 222 g/mol. The van der Waals surface area contributed by atoms with Crippen molar-refractivity contribution in [3.05, 3.63) is 0 Å². The van der Waals surface area contributed by atoms with Crippen LogP contribution >= 0.6 is 0 Å². The van der Waals surface area contributed by atoms with Crippen LogP contribution in [0.25, 0.3) is 0 Å². The average molecular weight is 247 g/mol. The van der Waals surface area contributed by atoms with E-state index in [9.17, 15) is 4.79 Å². The number of nitrogens with zero attached hydrogens (tertiary/aromatic N) is 1. The second-order valence-electron chi connectivity index (χ2n) is 4.15. The molecule has 1 unspecified atom stereocenters. The number of esters is 1. The minimum absolute atomic E-state index is 0.0986. The van der Waals surface area contributed by atoms with Gasteiger partial charge in [-0.3, -0.25) is 4.79 Å². The first kappa shape index (κ1) is 16.4. The quantitative estimate of drug-likeness (QED) is 0.422. The molecule has 102 valence electrons. The van der Waals surface area contributed by atoms with Crippen LogP contribution in [0.15, 0.2) is 0 Å². The Morgan fingerprint density at radius 3 is 2.53 bits per heavy atom. The van der Waals surface area contributed by atoms with Crippen LogP contribution in [-0.4, -0.2) is 65.0 Å². The van der Waals surface area contributed by atoms with Gasteiger partial charge in [0.05, 0.1) is 19.6 Å². The zero-order valence-electron chi connectivity index (χ0n) is 11.4. The number of methoxy groups -OCH3 is 2. The Balaban J connectivity index is 3.46. The average Bonchev–Trinajstić information content (AvgIpc) is 2.32. The van der Waals surface area contributed by atoms with E-state index in [1.807, 2.05) is 14.0 Å². The summed E-state index contributed by atoms with van der Waals surface area (Å²) in [6.07, 6.45) is 0.915. The number of ether oxygens (including phenoxy) is 3. The standard InChI is InChI=1S/C12H25NO4/c1-11(12(14)16-4)10-13(2)6-9-17-8-5-7-15-3/h11H,5-10H2,1-4H3. The van der Waals surface area contributed by atoms with E-state index >= 15 is 0 Å². The first-order valence-electron chi connectivity index (χ1n) is 5.94. The van der Waals surface area contributed by atoms with Crippen molar-refractivity contribution in [2.24, 2.45) is 5.92 Å². The van der Waals surface area contributed by atoms with E-state index in [-0.39, 0.29) is 11.9 Å². The van der Waals surface area contributed by atoms with E-state index in [0.717, 1.165) is 19.6 Å². The summed E-state index contributed by atoms with van der Waals surface area (Å²) in [6, 6.07) is 0. The molecule has 0 spiro atoms. The summed E-state index contributed by atoms with van der Waals surface area (Å²) in [5, 5.41) is 0. The molecular formula is C12H25NO4. The summed E-state index contributed by atoms with van der Waals surface area (Å²) < 4.78 is 15.0. The number of carbonyl (C=O) groups excluding carboxylic acids is 1. The highest BCUT2D eigenvalue weighted by Crippen LogP contribution is 2.00. The number of hydrogen-bond acceptors (Lipinski definition) is 5. The summed E-state index contributed by atoms with van der Waals surface area (Å²) in [6.45, 7) is 5.49. The second-order valence-corrected chi connectivity index (χ2v) is 4.15. The lowest BCUT2D eigenvalue weighted by atomic mass is 10.2. The van der Waals surface area contributed by atoms with Gasteiger partial charge in [0.2, 0.25) is 0 Å². The molecule has 0 saturated heterocycles. The molecule has 0 fully saturated rings. The van der Waals surface area contributed by atoms with Gasteiger partial charge < -0.3 is 19.1 Å². The summed E-state index contributed by atoms with van der Waals surface area (Å²) in [4.78, 5) is 13.3. The summed E-state index contributed by atoms with van der Waals surface area (Å²) in [7, 11) is 5.07. The van der Waals surface area contributed by atoms with Gasteiger partial charge in [0.25, 0.3) is 0 Å². The fourth-order valence-electron chi connectivity index (χ4n) is 1.46. The molecule has 0 aromatic heterocycles. The van der Waals surface area contributed by atoms with Crippen molar-refractivity contribution in [3.63, 3.8) is 0 Å². The van der Waals surface area contributed by atoms with Gasteiger partial charge in [0.15, 0.2) is 0 Å². The van der Waals surface area contributed by atoms with Gasteiger partial charge in [0.1, 0.15) is 0 Å². The van der Waals surface area contributed by atoms with Crippen molar-refractivity contribution >= 4 is 5.97 Å². The lowest BCUT2D eigenvalue weighted by molar-refractivity contribution is -0.145. The second kappa shape index (κ2) is 10.5. The molecule has 0 aliphatic rings. The number of carbonyl (C=O) groups is 1. The number of likely N-dealkylation sites (N-methyl/N-ethyl adjacent to an activating group) is 1. The van der Waals surface area contributed by atoms with Crippen molar-refractivity contribution < 1.29 is 19.0 Å². The molecule has 1 atom stereocenters. The molecule has 0 heterocycles. The third-order valence-electron chi connectivity index (χ3n) is 2.44. The maximum absolute atomic E-state index is 11.2. The topological polar surface area (TPSA) is 48.0 Å². The monoisotopic (exact) mass is 247 g/mol. The van der Waals surface area contributed by atoms with Crippen LogP contribution in [0.5, 0.6) is 0 Å². The molecule has 0 N–H and O–H groups in total. The maximum atomic E-state index is 11.2. The zero-order chi connectivity index (χ0) is 13.1. The van der Waals surface area contributed by atoms with Crippen molar-refractivity contribution in [2.45, 2.75) is 13.3 Å². The van der Waals surface area contributed by atoms with Crippen LogP contribution in [0.4, 0.5) is 0 Å². The highest BCUT2D eigenvalue weighted by Gasteiger charge is 2.14. The highest BCUT2D eigenvalue weighted by atomic mass is 16.5. The Kier molecular flexibility index (Phi) is 10.1. The molecule has 5 nitrogen and oxygen atoms in total. The predicted molar refractivity (Wildman–Crippen MR) is 66.0 cm³/mol. The van der Waals surface area contributed by atoms with Crippen LogP contribution in [0.2, 0.25) is 0 Å². The van der Waals surface area contributed by atoms with E-state index in [1.165, 1.54) is 7.11 Å². The highest BCUT2D eigenvalue weighted by molar-refractivity contribution is 5.71.